The molecule has 3 aromatic rings. The number of ether oxygens (including phenoxy) is 1. The molecular weight excluding hydrogens is 505 g/mol. The summed E-state index contributed by atoms with van der Waals surface area (Å²) in [4.78, 5) is 20.5. The van der Waals surface area contributed by atoms with Crippen LogP contribution in [0.3, 0.4) is 0 Å². The molecule has 8 nitrogen and oxygen atoms in total. The SMILES string of the molecule is CC(/C=N/SNC(=O)Nc1ccccc1C(C)C)=C\c1cnc(Nc2ccc(OC(F)(F)F)cc2)nc1. The molecule has 0 saturated carbocycles. The number of nitrogens with zero attached hydrogens (tertiary/aromatic N) is 3. The van der Waals surface area contributed by atoms with E-state index in [0.29, 0.717) is 11.3 Å². The highest BCUT2D eigenvalue weighted by Gasteiger charge is 2.30. The van der Waals surface area contributed by atoms with Crippen LogP contribution in [-0.2, 0) is 0 Å². The van der Waals surface area contributed by atoms with Gasteiger partial charge in [-0.3, -0.25) is 4.72 Å². The van der Waals surface area contributed by atoms with Crippen LogP contribution in [0.5, 0.6) is 5.75 Å². The fourth-order valence-electron chi connectivity index (χ4n) is 3.09. The molecule has 3 rings (SSSR count). The molecule has 0 spiro atoms. The lowest BCUT2D eigenvalue weighted by Gasteiger charge is -2.13. The Balaban J connectivity index is 1.47. The zero-order valence-corrected chi connectivity index (χ0v) is 21.0. The standard InChI is InChI=1S/C25H25F3N6O2S/c1-16(2)21-6-4-5-7-22(21)33-24(35)34-37-31-13-17(3)12-18-14-29-23(30-15-18)32-19-8-10-20(11-9-19)36-25(26,27)28/h4-16H,1-3H3,(H,29,30,32)(H2,33,34,35)/b17-12+,31-13+. The molecule has 194 valence electrons. The average molecular weight is 531 g/mol. The van der Waals surface area contributed by atoms with Gasteiger partial charge >= 0.3 is 12.4 Å². The van der Waals surface area contributed by atoms with E-state index >= 15 is 0 Å². The molecule has 3 N–H and O–H groups in total. The summed E-state index contributed by atoms with van der Waals surface area (Å²) in [5.41, 5.74) is 3.80. The number of carbonyl (C=O) groups is 1. The van der Waals surface area contributed by atoms with Gasteiger partial charge in [0.05, 0.1) is 12.1 Å². The van der Waals surface area contributed by atoms with Gasteiger partial charge in [-0.1, -0.05) is 32.0 Å². The smallest absolute Gasteiger partial charge is 0.406 e. The molecule has 0 radical (unpaired) electrons. The summed E-state index contributed by atoms with van der Waals surface area (Å²) in [5, 5.41) is 5.72. The Labute approximate surface area is 216 Å². The van der Waals surface area contributed by atoms with Crippen LogP contribution in [0.4, 0.5) is 35.3 Å². The van der Waals surface area contributed by atoms with E-state index in [2.05, 4.69) is 48.3 Å². The first kappa shape index (κ1) is 27.5. The van der Waals surface area contributed by atoms with Crippen molar-refractivity contribution in [2.75, 3.05) is 10.6 Å². The zero-order chi connectivity index (χ0) is 26.8. The van der Waals surface area contributed by atoms with E-state index in [9.17, 15) is 18.0 Å². The Morgan fingerprint density at radius 1 is 1.08 bits per heavy atom. The number of hydrogen-bond donors (Lipinski definition) is 3. The molecule has 0 saturated heterocycles. The van der Waals surface area contributed by atoms with Gasteiger partial charge < -0.3 is 15.4 Å². The van der Waals surface area contributed by atoms with Gasteiger partial charge in [-0.2, -0.15) is 0 Å². The first-order valence-corrected chi connectivity index (χ1v) is 11.8. The quantitative estimate of drug-likeness (QED) is 0.202. The van der Waals surface area contributed by atoms with Crippen LogP contribution in [0.15, 0.2) is 70.9 Å². The van der Waals surface area contributed by atoms with Crippen molar-refractivity contribution in [3.63, 3.8) is 0 Å². The number of nitrogens with one attached hydrogen (secondary N) is 3. The van der Waals surface area contributed by atoms with E-state index < -0.39 is 6.36 Å². The van der Waals surface area contributed by atoms with Crippen molar-refractivity contribution in [1.82, 2.24) is 14.7 Å². The fourth-order valence-corrected chi connectivity index (χ4v) is 3.49. The van der Waals surface area contributed by atoms with Crippen molar-refractivity contribution in [3.8, 4) is 5.75 Å². The Hall–Kier alpha value is -4.06. The molecule has 0 unspecified atom stereocenters. The summed E-state index contributed by atoms with van der Waals surface area (Å²) in [5.74, 6) is 0.233. The second-order valence-electron chi connectivity index (χ2n) is 8.05. The molecule has 1 aromatic heterocycles. The van der Waals surface area contributed by atoms with Crippen molar-refractivity contribution >= 4 is 47.8 Å². The molecule has 2 amide bonds. The van der Waals surface area contributed by atoms with E-state index in [1.165, 1.54) is 24.3 Å². The summed E-state index contributed by atoms with van der Waals surface area (Å²) in [7, 11) is 0. The second kappa shape index (κ2) is 12.8. The van der Waals surface area contributed by atoms with Crippen LogP contribution in [0.2, 0.25) is 0 Å². The topological polar surface area (TPSA) is 101 Å². The third-order valence-electron chi connectivity index (χ3n) is 4.69. The lowest BCUT2D eigenvalue weighted by atomic mass is 10.0. The molecule has 2 aromatic carbocycles. The predicted molar refractivity (Wildman–Crippen MR) is 141 cm³/mol. The van der Waals surface area contributed by atoms with Crippen LogP contribution < -0.4 is 20.1 Å². The van der Waals surface area contributed by atoms with Crippen LogP contribution in [0.25, 0.3) is 6.08 Å². The first-order chi connectivity index (χ1) is 17.6. The summed E-state index contributed by atoms with van der Waals surface area (Å²) in [6, 6.07) is 12.5. The molecule has 0 aliphatic rings. The number of anilines is 3. The predicted octanol–water partition coefficient (Wildman–Crippen LogP) is 7.10. The van der Waals surface area contributed by atoms with Crippen LogP contribution in [-0.4, -0.2) is 28.6 Å². The largest absolute Gasteiger partial charge is 0.573 e. The monoisotopic (exact) mass is 530 g/mol. The normalized spacial score (nSPS) is 12.0. The van der Waals surface area contributed by atoms with Gasteiger partial charge in [-0.15, -0.1) is 13.2 Å². The van der Waals surface area contributed by atoms with Gasteiger partial charge in [0.25, 0.3) is 0 Å². The maximum Gasteiger partial charge on any atom is 0.573 e. The number of allylic oxidation sites excluding steroid dienone is 1. The minimum atomic E-state index is -4.74. The second-order valence-corrected chi connectivity index (χ2v) is 8.65. The number of hydrogen-bond acceptors (Lipinski definition) is 7. The summed E-state index contributed by atoms with van der Waals surface area (Å²) >= 11 is 0.895. The molecule has 0 aliphatic carbocycles. The van der Waals surface area contributed by atoms with Crippen LogP contribution in [0, 0.1) is 0 Å². The lowest BCUT2D eigenvalue weighted by molar-refractivity contribution is -0.274. The maximum atomic E-state index is 12.3. The van der Waals surface area contributed by atoms with Gasteiger partial charge in [0.1, 0.15) is 5.75 Å². The van der Waals surface area contributed by atoms with Crippen molar-refractivity contribution in [3.05, 3.63) is 77.6 Å². The number of benzene rings is 2. The van der Waals surface area contributed by atoms with E-state index in [1.807, 2.05) is 31.2 Å². The molecule has 12 heteroatoms. The first-order valence-electron chi connectivity index (χ1n) is 11.1. The Morgan fingerprint density at radius 2 is 1.76 bits per heavy atom. The molecular formula is C25H25F3N6O2S. The number of rotatable bonds is 9. The van der Waals surface area contributed by atoms with Gasteiger partial charge in [0.15, 0.2) is 0 Å². The average Bonchev–Trinajstić information content (AvgIpc) is 2.83. The minimum absolute atomic E-state index is 0.275. The minimum Gasteiger partial charge on any atom is -0.406 e. The zero-order valence-electron chi connectivity index (χ0n) is 20.2. The van der Waals surface area contributed by atoms with Gasteiger partial charge in [-0.05, 0) is 60.4 Å². The summed E-state index contributed by atoms with van der Waals surface area (Å²) in [6.45, 7) is 5.95. The van der Waals surface area contributed by atoms with Crippen molar-refractivity contribution in [1.29, 1.82) is 0 Å². The third-order valence-corrected chi connectivity index (χ3v) is 5.18. The molecule has 0 bridgehead atoms. The van der Waals surface area contributed by atoms with Gasteiger partial charge in [-0.25, -0.2) is 19.2 Å². The van der Waals surface area contributed by atoms with Crippen molar-refractivity contribution in [2.24, 2.45) is 4.40 Å². The number of carbonyl (C=O) groups excluding carboxylic acids is 1. The Morgan fingerprint density at radius 3 is 2.41 bits per heavy atom. The Bertz CT molecular complexity index is 1250. The third kappa shape index (κ3) is 9.49. The highest BCUT2D eigenvalue weighted by molar-refractivity contribution is 7.96. The van der Waals surface area contributed by atoms with E-state index in [-0.39, 0.29) is 23.6 Å². The number of para-hydroxylation sites is 1. The molecule has 1 heterocycles. The van der Waals surface area contributed by atoms with E-state index in [0.717, 1.165) is 29.0 Å². The molecule has 0 fully saturated rings. The fraction of sp³-hybridized carbons (Fsp3) is 0.200. The van der Waals surface area contributed by atoms with Crippen molar-refractivity contribution < 1.29 is 22.7 Å². The highest BCUT2D eigenvalue weighted by Crippen LogP contribution is 2.25. The number of halogens is 3. The number of aromatic nitrogens is 2. The summed E-state index contributed by atoms with van der Waals surface area (Å²) < 4.78 is 47.3. The van der Waals surface area contributed by atoms with E-state index in [1.54, 1.807) is 24.7 Å². The highest BCUT2D eigenvalue weighted by atomic mass is 32.2. The van der Waals surface area contributed by atoms with Crippen molar-refractivity contribution in [2.45, 2.75) is 33.1 Å². The number of amides is 2. The molecule has 0 atom stereocenters. The van der Waals surface area contributed by atoms with E-state index in [4.69, 9.17) is 0 Å². The maximum absolute atomic E-state index is 12.3. The summed E-state index contributed by atoms with van der Waals surface area (Å²) in [6.07, 6.45) is 1.81. The molecule has 37 heavy (non-hydrogen) atoms. The number of alkyl halides is 3. The van der Waals surface area contributed by atoms with Gasteiger partial charge in [0, 0.05) is 35.5 Å². The molecule has 0 aliphatic heterocycles. The van der Waals surface area contributed by atoms with Gasteiger partial charge in [0.2, 0.25) is 5.95 Å². The Kier molecular flexibility index (Phi) is 9.50. The van der Waals surface area contributed by atoms with Crippen LogP contribution in [0.1, 0.15) is 37.8 Å². The lowest BCUT2D eigenvalue weighted by Crippen LogP contribution is -2.23. The van der Waals surface area contributed by atoms with Crippen LogP contribution >= 0.6 is 12.1 Å². The number of urea groups is 1.